The van der Waals surface area contributed by atoms with Crippen molar-refractivity contribution in [2.75, 3.05) is 18.0 Å². The lowest BCUT2D eigenvalue weighted by molar-refractivity contribution is -0.135. The summed E-state index contributed by atoms with van der Waals surface area (Å²) in [4.78, 5) is 29.4. The monoisotopic (exact) mass is 429 g/mol. The van der Waals surface area contributed by atoms with E-state index < -0.39 is 18.4 Å². The Morgan fingerprint density at radius 3 is 2.45 bits per heavy atom. The van der Waals surface area contributed by atoms with Gasteiger partial charge >= 0.3 is 5.97 Å². The van der Waals surface area contributed by atoms with Gasteiger partial charge in [-0.05, 0) is 36.8 Å². The van der Waals surface area contributed by atoms with Gasteiger partial charge in [0.25, 0.3) is 5.91 Å². The first-order valence-electron chi connectivity index (χ1n) is 9.01. The topological polar surface area (TPSA) is 82.5 Å². The van der Waals surface area contributed by atoms with E-state index in [9.17, 15) is 9.59 Å². The van der Waals surface area contributed by atoms with E-state index >= 15 is 0 Å². The molecule has 0 aliphatic carbocycles. The van der Waals surface area contributed by atoms with E-state index in [-0.39, 0.29) is 0 Å². The second-order valence-corrected chi connectivity index (χ2v) is 7.58. The van der Waals surface area contributed by atoms with Crippen LogP contribution < -0.4 is 10.2 Å². The second-order valence-electron chi connectivity index (χ2n) is 6.31. The van der Waals surface area contributed by atoms with Crippen LogP contribution in [0.3, 0.4) is 0 Å². The van der Waals surface area contributed by atoms with Crippen molar-refractivity contribution in [2.45, 2.75) is 13.5 Å². The first kappa shape index (κ1) is 20.8. The summed E-state index contributed by atoms with van der Waals surface area (Å²) in [5.41, 5.74) is 3.39. The summed E-state index contributed by atoms with van der Waals surface area (Å²) in [5, 5.41) is 14.6. The van der Waals surface area contributed by atoms with Gasteiger partial charge in [0.2, 0.25) is 0 Å². The van der Waals surface area contributed by atoms with E-state index in [1.165, 1.54) is 0 Å². The van der Waals surface area contributed by atoms with Gasteiger partial charge in [0.05, 0.1) is 5.69 Å². The van der Waals surface area contributed by atoms with E-state index in [1.807, 2.05) is 41.8 Å². The minimum atomic E-state index is -1.07. The molecule has 0 radical (unpaired) electrons. The molecule has 1 heterocycles. The van der Waals surface area contributed by atoms with E-state index in [0.717, 1.165) is 28.5 Å². The molecule has 2 aromatic carbocycles. The molecule has 0 fully saturated rings. The van der Waals surface area contributed by atoms with Crippen LogP contribution in [0.25, 0.3) is 11.3 Å². The highest BCUT2D eigenvalue weighted by atomic mass is 35.5. The third-order valence-corrected chi connectivity index (χ3v) is 5.43. The molecule has 0 spiro atoms. The van der Waals surface area contributed by atoms with Crippen LogP contribution in [0.15, 0.2) is 53.9 Å². The lowest BCUT2D eigenvalue weighted by atomic mass is 10.1. The van der Waals surface area contributed by atoms with Gasteiger partial charge in [0.15, 0.2) is 5.13 Å². The molecule has 0 unspecified atom stereocenters. The number of halogens is 1. The molecule has 0 aliphatic rings. The van der Waals surface area contributed by atoms with Gasteiger partial charge < -0.3 is 15.3 Å². The third-order valence-electron chi connectivity index (χ3n) is 4.27. The van der Waals surface area contributed by atoms with Crippen LogP contribution in [0.2, 0.25) is 5.02 Å². The summed E-state index contributed by atoms with van der Waals surface area (Å²) >= 11 is 7.53. The van der Waals surface area contributed by atoms with Crippen LogP contribution in [0, 0.1) is 0 Å². The minimum absolute atomic E-state index is 0.399. The Hall–Kier alpha value is -2.90. The number of anilines is 1. The number of nitrogens with zero attached hydrogens (tertiary/aromatic N) is 2. The number of aromatic nitrogens is 1. The van der Waals surface area contributed by atoms with Crippen molar-refractivity contribution < 1.29 is 14.7 Å². The maximum Gasteiger partial charge on any atom is 0.322 e. The van der Waals surface area contributed by atoms with Crippen molar-refractivity contribution in [1.29, 1.82) is 0 Å². The van der Waals surface area contributed by atoms with Gasteiger partial charge in [-0.1, -0.05) is 35.9 Å². The Morgan fingerprint density at radius 1 is 1.14 bits per heavy atom. The normalized spacial score (nSPS) is 10.6. The van der Waals surface area contributed by atoms with Crippen molar-refractivity contribution in [3.05, 3.63) is 70.1 Å². The molecule has 3 aromatic rings. The standard InChI is InChI=1S/C21H20ClN3O3S/c1-2-25(21-24-18(13-29-21)15-7-9-17(22)10-8-15)12-14-3-5-16(6-4-14)20(28)23-11-19(26)27/h3-10,13H,2,11-12H2,1H3,(H,23,28)(H,26,27). The zero-order chi connectivity index (χ0) is 20.8. The first-order valence-corrected chi connectivity index (χ1v) is 10.3. The summed E-state index contributed by atoms with van der Waals surface area (Å²) < 4.78 is 0. The number of benzene rings is 2. The number of amides is 1. The fourth-order valence-corrected chi connectivity index (χ4v) is 3.74. The summed E-state index contributed by atoms with van der Waals surface area (Å²) in [6.45, 7) is 3.11. The maximum atomic E-state index is 11.9. The van der Waals surface area contributed by atoms with E-state index in [4.69, 9.17) is 21.7 Å². The molecular weight excluding hydrogens is 410 g/mol. The minimum Gasteiger partial charge on any atom is -0.480 e. The average molecular weight is 430 g/mol. The van der Waals surface area contributed by atoms with E-state index in [0.29, 0.717) is 17.1 Å². The molecular formula is C21H20ClN3O3S. The molecule has 3 rings (SSSR count). The Bertz CT molecular complexity index is 987. The quantitative estimate of drug-likeness (QED) is 0.557. The zero-order valence-electron chi connectivity index (χ0n) is 15.8. The van der Waals surface area contributed by atoms with Crippen LogP contribution in [-0.4, -0.2) is 35.1 Å². The van der Waals surface area contributed by atoms with Crippen molar-refractivity contribution in [3.63, 3.8) is 0 Å². The maximum absolute atomic E-state index is 11.9. The lowest BCUT2D eigenvalue weighted by Gasteiger charge is -2.20. The summed E-state index contributed by atoms with van der Waals surface area (Å²) in [7, 11) is 0. The fourth-order valence-electron chi connectivity index (χ4n) is 2.72. The molecule has 29 heavy (non-hydrogen) atoms. The number of hydrogen-bond acceptors (Lipinski definition) is 5. The predicted molar refractivity (Wildman–Crippen MR) is 116 cm³/mol. The second kappa shape index (κ2) is 9.54. The number of nitrogens with one attached hydrogen (secondary N) is 1. The number of rotatable bonds is 8. The van der Waals surface area contributed by atoms with Gasteiger partial charge in [-0.3, -0.25) is 9.59 Å². The van der Waals surface area contributed by atoms with Crippen molar-refractivity contribution in [3.8, 4) is 11.3 Å². The highest BCUT2D eigenvalue weighted by Gasteiger charge is 2.12. The number of aliphatic carboxylic acids is 1. The molecule has 2 N–H and O–H groups in total. The van der Waals surface area contributed by atoms with Crippen LogP contribution in [0.4, 0.5) is 5.13 Å². The molecule has 0 saturated heterocycles. The van der Waals surface area contributed by atoms with Crippen LogP contribution >= 0.6 is 22.9 Å². The average Bonchev–Trinajstić information content (AvgIpc) is 3.21. The lowest BCUT2D eigenvalue weighted by Crippen LogP contribution is -2.29. The summed E-state index contributed by atoms with van der Waals surface area (Å²) in [6, 6.07) is 14.7. The van der Waals surface area contributed by atoms with Crippen molar-refractivity contribution in [2.24, 2.45) is 0 Å². The molecule has 6 nitrogen and oxygen atoms in total. The van der Waals surface area contributed by atoms with Crippen LogP contribution in [-0.2, 0) is 11.3 Å². The molecule has 0 aliphatic heterocycles. The SMILES string of the molecule is CCN(Cc1ccc(C(=O)NCC(=O)O)cc1)c1nc(-c2ccc(Cl)cc2)cs1. The smallest absolute Gasteiger partial charge is 0.322 e. The highest BCUT2D eigenvalue weighted by Crippen LogP contribution is 2.29. The van der Waals surface area contributed by atoms with Gasteiger partial charge in [-0.25, -0.2) is 4.98 Å². The van der Waals surface area contributed by atoms with E-state index in [2.05, 4.69) is 17.1 Å². The van der Waals surface area contributed by atoms with Gasteiger partial charge in [-0.15, -0.1) is 11.3 Å². The number of carbonyl (C=O) groups excluding carboxylic acids is 1. The van der Waals surface area contributed by atoms with Gasteiger partial charge in [-0.2, -0.15) is 0 Å². The molecule has 8 heteroatoms. The number of carbonyl (C=O) groups is 2. The number of carboxylic acid groups (broad SMARTS) is 1. The molecule has 150 valence electrons. The first-order chi connectivity index (χ1) is 14.0. The zero-order valence-corrected chi connectivity index (χ0v) is 17.3. The largest absolute Gasteiger partial charge is 0.480 e. The van der Waals surface area contributed by atoms with Crippen molar-refractivity contribution in [1.82, 2.24) is 10.3 Å². The molecule has 1 amide bonds. The number of hydrogen-bond donors (Lipinski definition) is 2. The summed E-state index contributed by atoms with van der Waals surface area (Å²) in [6.07, 6.45) is 0. The van der Waals surface area contributed by atoms with Crippen LogP contribution in [0.1, 0.15) is 22.8 Å². The fraction of sp³-hybridized carbons (Fsp3) is 0.190. The molecule has 0 atom stereocenters. The van der Waals surface area contributed by atoms with Crippen molar-refractivity contribution >= 4 is 39.9 Å². The molecule has 0 saturated carbocycles. The predicted octanol–water partition coefficient (Wildman–Crippen LogP) is 4.30. The summed E-state index contributed by atoms with van der Waals surface area (Å²) in [5.74, 6) is -1.48. The third kappa shape index (κ3) is 5.56. The van der Waals surface area contributed by atoms with Gasteiger partial charge in [0, 0.05) is 34.6 Å². The van der Waals surface area contributed by atoms with Crippen LogP contribution in [0.5, 0.6) is 0 Å². The van der Waals surface area contributed by atoms with E-state index in [1.54, 1.807) is 23.5 Å². The molecule has 0 bridgehead atoms. The number of thiazole rings is 1. The highest BCUT2D eigenvalue weighted by molar-refractivity contribution is 7.14. The van der Waals surface area contributed by atoms with Gasteiger partial charge in [0.1, 0.15) is 6.54 Å². The Labute approximate surface area is 177 Å². The molecule has 1 aromatic heterocycles. The number of carboxylic acids is 1. The Kier molecular flexibility index (Phi) is 6.85. The Balaban J connectivity index is 1.68. The Morgan fingerprint density at radius 2 is 1.83 bits per heavy atom.